The van der Waals surface area contributed by atoms with Crippen molar-refractivity contribution < 1.29 is 31.4 Å². The second-order valence-electron chi connectivity index (χ2n) is 12.8. The molecular weight excluding hydrogens is 633 g/mol. The van der Waals surface area contributed by atoms with Crippen molar-refractivity contribution in [2.24, 2.45) is 5.92 Å². The van der Waals surface area contributed by atoms with Gasteiger partial charge >= 0.3 is 12.2 Å². The molecule has 3 fully saturated rings. The molecule has 1 aliphatic carbocycles. The molecule has 4 atom stereocenters. The number of aryl methyl sites for hydroxylation is 1. The molecule has 2 unspecified atom stereocenters. The number of rotatable bonds is 7. The predicted octanol–water partition coefficient (Wildman–Crippen LogP) is 5.55. The lowest BCUT2D eigenvalue weighted by Gasteiger charge is -2.46. The van der Waals surface area contributed by atoms with Crippen LogP contribution >= 0.6 is 11.6 Å². The van der Waals surface area contributed by atoms with Gasteiger partial charge < -0.3 is 25.4 Å². The fourth-order valence-corrected chi connectivity index (χ4v) is 8.06. The van der Waals surface area contributed by atoms with E-state index in [2.05, 4.69) is 25.1 Å². The fourth-order valence-electron chi connectivity index (χ4n) is 7.74. The summed E-state index contributed by atoms with van der Waals surface area (Å²) in [6, 6.07) is 0.937. The number of likely N-dealkylation sites (N-methyl/N-ethyl adjacent to an activating group) is 1. The highest BCUT2D eigenvalue weighted by Crippen LogP contribution is 2.52. The number of alkyl halides is 4. The summed E-state index contributed by atoms with van der Waals surface area (Å²) in [6.45, 7) is 3.68. The van der Waals surface area contributed by atoms with Crippen LogP contribution in [0.3, 0.4) is 0 Å². The third-order valence-electron chi connectivity index (χ3n) is 10.0. The molecule has 2 aromatic heterocycles. The zero-order valence-electron chi connectivity index (χ0n) is 25.5. The molecular formula is C31H35ClF5N7O2. The van der Waals surface area contributed by atoms with E-state index in [0.29, 0.717) is 31.9 Å². The van der Waals surface area contributed by atoms with Gasteiger partial charge in [0.25, 0.3) is 0 Å². The average Bonchev–Trinajstić information content (AvgIpc) is 3.49. The first-order valence-electron chi connectivity index (χ1n) is 15.5. The van der Waals surface area contributed by atoms with Crippen molar-refractivity contribution in [2.45, 2.75) is 63.0 Å². The Morgan fingerprint density at radius 1 is 1.24 bits per heavy atom. The van der Waals surface area contributed by atoms with Crippen LogP contribution in [0.4, 0.5) is 33.6 Å². The van der Waals surface area contributed by atoms with Gasteiger partial charge in [-0.05, 0) is 57.8 Å². The van der Waals surface area contributed by atoms with E-state index in [1.165, 1.54) is 6.92 Å². The lowest BCUT2D eigenvalue weighted by Crippen LogP contribution is -2.52. The summed E-state index contributed by atoms with van der Waals surface area (Å²) in [7, 11) is 1.82. The second kappa shape index (κ2) is 11.5. The highest BCUT2D eigenvalue weighted by molar-refractivity contribution is 6.36. The van der Waals surface area contributed by atoms with Gasteiger partial charge in [-0.2, -0.15) is 23.1 Å². The molecule has 5 heterocycles. The monoisotopic (exact) mass is 667 g/mol. The number of halogens is 6. The van der Waals surface area contributed by atoms with Gasteiger partial charge in [-0.15, -0.1) is 0 Å². The topological polar surface area (TPSA) is 102 Å². The van der Waals surface area contributed by atoms with Gasteiger partial charge in [0.1, 0.15) is 29.9 Å². The summed E-state index contributed by atoms with van der Waals surface area (Å²) < 4.78 is 87.1. The van der Waals surface area contributed by atoms with Crippen molar-refractivity contribution in [1.29, 1.82) is 0 Å². The van der Waals surface area contributed by atoms with E-state index in [9.17, 15) is 17.6 Å². The molecule has 0 radical (unpaired) electrons. The van der Waals surface area contributed by atoms with Crippen LogP contribution in [0.5, 0.6) is 11.8 Å². The predicted molar refractivity (Wildman–Crippen MR) is 164 cm³/mol. The minimum atomic E-state index is -4.90. The lowest BCUT2D eigenvalue weighted by atomic mass is 9.78. The van der Waals surface area contributed by atoms with E-state index in [1.807, 2.05) is 7.05 Å². The molecule has 2 saturated heterocycles. The van der Waals surface area contributed by atoms with Crippen LogP contribution in [-0.4, -0.2) is 84.0 Å². The standard InChI is InChI=1S/C31H35ClF5N7O2/c1-15-10-19(38)40-25(22(15)31(35,36)37)20-23(32)27-21-26(24(20)34)41-29(46-14-30-6-3-8-43(30)12-17(33)11-30)42-28(21)44(9-7-39-2)18-5-4-16(18)13-45-27/h10,16-18,39H,3-9,11-14H2,1-2H3,(H2,38,40)/t16?,17-,18?,30+/m1/s1. The first kappa shape index (κ1) is 31.4. The minimum absolute atomic E-state index is 0.0232. The van der Waals surface area contributed by atoms with E-state index >= 15 is 4.39 Å². The highest BCUT2D eigenvalue weighted by Gasteiger charge is 2.50. The second-order valence-corrected chi connectivity index (χ2v) is 13.2. The van der Waals surface area contributed by atoms with E-state index in [0.717, 1.165) is 38.3 Å². The zero-order chi connectivity index (χ0) is 32.5. The lowest BCUT2D eigenvalue weighted by molar-refractivity contribution is -0.137. The molecule has 0 bridgehead atoms. The van der Waals surface area contributed by atoms with E-state index in [1.54, 1.807) is 0 Å². The average molecular weight is 668 g/mol. The third-order valence-corrected chi connectivity index (χ3v) is 10.4. The number of ether oxygens (including phenoxy) is 2. The van der Waals surface area contributed by atoms with E-state index in [4.69, 9.17) is 31.8 Å². The maximum absolute atomic E-state index is 16.9. The SMILES string of the molecule is CNCCN1c2nc(OC[C@@]34CCCN3C[C@H](F)C4)nc3c(F)c(-c4nc(N)cc(C)c4C(F)(F)F)c(Cl)c(c23)OCC2CCC21. The summed E-state index contributed by atoms with van der Waals surface area (Å²) in [6.07, 6.45) is -2.24. The number of hydrogen-bond acceptors (Lipinski definition) is 9. The summed E-state index contributed by atoms with van der Waals surface area (Å²) in [5.74, 6) is -0.996. The molecule has 46 heavy (non-hydrogen) atoms. The third kappa shape index (κ3) is 5.07. The Morgan fingerprint density at radius 3 is 2.76 bits per heavy atom. The maximum Gasteiger partial charge on any atom is 0.418 e. The maximum atomic E-state index is 16.9. The normalized spacial score (nSPS) is 25.9. The number of hydrogen-bond donors (Lipinski definition) is 2. The Morgan fingerprint density at radius 2 is 2.04 bits per heavy atom. The highest BCUT2D eigenvalue weighted by atomic mass is 35.5. The summed E-state index contributed by atoms with van der Waals surface area (Å²) in [4.78, 5) is 17.3. The number of nitrogen functional groups attached to an aromatic ring is 1. The van der Waals surface area contributed by atoms with Crippen molar-refractivity contribution in [3.8, 4) is 23.0 Å². The van der Waals surface area contributed by atoms with Crippen LogP contribution in [0, 0.1) is 18.7 Å². The molecule has 7 rings (SSSR count). The number of fused-ring (bicyclic) bond motifs is 2. The molecule has 1 saturated carbocycles. The summed E-state index contributed by atoms with van der Waals surface area (Å²) in [5.41, 5.74) is 2.27. The van der Waals surface area contributed by atoms with Crippen molar-refractivity contribution in [2.75, 3.05) is 57.1 Å². The van der Waals surface area contributed by atoms with Crippen LogP contribution in [0.1, 0.15) is 43.2 Å². The van der Waals surface area contributed by atoms with Gasteiger partial charge in [-0.1, -0.05) is 11.6 Å². The molecule has 1 aromatic carbocycles. The number of pyridine rings is 1. The fraction of sp³-hybridized carbons (Fsp3) is 0.581. The Balaban J connectivity index is 1.46. The number of anilines is 2. The van der Waals surface area contributed by atoms with Crippen molar-refractivity contribution in [3.63, 3.8) is 0 Å². The Kier molecular flexibility index (Phi) is 7.83. The van der Waals surface area contributed by atoms with Gasteiger partial charge in [0.05, 0.1) is 39.4 Å². The van der Waals surface area contributed by atoms with Crippen molar-refractivity contribution in [3.05, 3.63) is 28.0 Å². The molecule has 4 aliphatic rings. The van der Waals surface area contributed by atoms with Crippen molar-refractivity contribution >= 4 is 34.1 Å². The number of nitrogens with one attached hydrogen (secondary N) is 1. The van der Waals surface area contributed by atoms with Gasteiger partial charge in [-0.25, -0.2) is 13.8 Å². The largest absolute Gasteiger partial charge is 0.491 e. The van der Waals surface area contributed by atoms with Gasteiger partial charge in [0.15, 0.2) is 11.6 Å². The van der Waals surface area contributed by atoms with E-state index in [-0.39, 0.29) is 64.2 Å². The van der Waals surface area contributed by atoms with Crippen LogP contribution in [0.25, 0.3) is 22.2 Å². The Hall–Kier alpha value is -3.23. The first-order valence-corrected chi connectivity index (χ1v) is 15.9. The Bertz CT molecular complexity index is 1690. The molecule has 248 valence electrons. The molecule has 3 N–H and O–H groups in total. The van der Waals surface area contributed by atoms with Crippen LogP contribution < -0.4 is 25.4 Å². The quantitative estimate of drug-likeness (QED) is 0.314. The Labute approximate surface area is 267 Å². The first-order chi connectivity index (χ1) is 21.9. The molecule has 9 nitrogen and oxygen atoms in total. The van der Waals surface area contributed by atoms with Crippen LogP contribution in [-0.2, 0) is 6.18 Å². The van der Waals surface area contributed by atoms with Gasteiger partial charge in [0, 0.05) is 38.0 Å². The number of benzene rings is 1. The molecule has 0 spiro atoms. The molecule has 3 aliphatic heterocycles. The number of nitrogens with zero attached hydrogens (tertiary/aromatic N) is 5. The molecule has 3 aromatic rings. The molecule has 15 heteroatoms. The van der Waals surface area contributed by atoms with Crippen molar-refractivity contribution in [1.82, 2.24) is 25.2 Å². The van der Waals surface area contributed by atoms with Crippen LogP contribution in [0.15, 0.2) is 6.07 Å². The smallest absolute Gasteiger partial charge is 0.418 e. The van der Waals surface area contributed by atoms with Gasteiger partial charge in [-0.3, -0.25) is 4.90 Å². The molecule has 0 amide bonds. The van der Waals surface area contributed by atoms with E-state index < -0.39 is 40.5 Å². The summed E-state index contributed by atoms with van der Waals surface area (Å²) >= 11 is 6.83. The zero-order valence-corrected chi connectivity index (χ0v) is 26.2. The number of nitrogens with two attached hydrogens (primary N) is 1. The number of aromatic nitrogens is 3. The minimum Gasteiger partial charge on any atom is -0.491 e. The van der Waals surface area contributed by atoms with Crippen LogP contribution in [0.2, 0.25) is 5.02 Å². The summed E-state index contributed by atoms with van der Waals surface area (Å²) in [5, 5.41) is 2.90. The van der Waals surface area contributed by atoms with Gasteiger partial charge in [0.2, 0.25) is 0 Å².